The van der Waals surface area contributed by atoms with Crippen molar-refractivity contribution in [3.63, 3.8) is 0 Å². The number of rotatable bonds is 6. The van der Waals surface area contributed by atoms with Crippen molar-refractivity contribution in [2.45, 2.75) is 50.8 Å². The van der Waals surface area contributed by atoms with Gasteiger partial charge in [0.1, 0.15) is 6.61 Å². The lowest BCUT2D eigenvalue weighted by molar-refractivity contribution is 0.0755. The lowest BCUT2D eigenvalue weighted by atomic mass is 9.67. The van der Waals surface area contributed by atoms with Crippen molar-refractivity contribution < 1.29 is 14.3 Å². The minimum Gasteiger partial charge on any atom is -0.493 e. The van der Waals surface area contributed by atoms with E-state index in [2.05, 4.69) is 10.4 Å². The largest absolute Gasteiger partial charge is 0.493 e. The smallest absolute Gasteiger partial charge is 0.251 e. The summed E-state index contributed by atoms with van der Waals surface area (Å²) in [6.45, 7) is 0.390. The molecule has 0 radical (unpaired) electrons. The van der Waals surface area contributed by atoms with E-state index in [1.54, 1.807) is 36.2 Å². The van der Waals surface area contributed by atoms with Crippen molar-refractivity contribution in [3.05, 3.63) is 41.7 Å². The summed E-state index contributed by atoms with van der Waals surface area (Å²) in [6, 6.07) is 5.83. The summed E-state index contributed by atoms with van der Waals surface area (Å²) in [5, 5.41) is 7.42. The average molecular weight is 471 g/mol. The van der Waals surface area contributed by atoms with Crippen molar-refractivity contribution in [1.82, 2.24) is 15.1 Å². The molecule has 172 valence electrons. The number of fused-ring (bicyclic) bond motifs is 2. The summed E-state index contributed by atoms with van der Waals surface area (Å²) in [5.41, 5.74) is 7.76. The van der Waals surface area contributed by atoms with Gasteiger partial charge in [0.05, 0.1) is 13.3 Å². The van der Waals surface area contributed by atoms with E-state index < -0.39 is 0 Å². The van der Waals surface area contributed by atoms with Gasteiger partial charge in [0, 0.05) is 36.5 Å². The normalized spacial score (nSPS) is 24.4. The zero-order valence-electron chi connectivity index (χ0n) is 18.0. The molecule has 0 spiro atoms. The van der Waals surface area contributed by atoms with E-state index >= 15 is 0 Å². The highest BCUT2D eigenvalue weighted by molar-refractivity contribution is 5.95. The van der Waals surface area contributed by atoms with Gasteiger partial charge in [-0.2, -0.15) is 5.10 Å². The Morgan fingerprint density at radius 3 is 2.55 bits per heavy atom. The number of halogens is 2. The van der Waals surface area contributed by atoms with Crippen LogP contribution in [0.4, 0.5) is 0 Å². The second-order valence-corrected chi connectivity index (χ2v) is 8.36. The van der Waals surface area contributed by atoms with Crippen LogP contribution in [0.2, 0.25) is 0 Å². The maximum Gasteiger partial charge on any atom is 0.251 e. The number of nitrogens with one attached hydrogen (secondary N) is 1. The van der Waals surface area contributed by atoms with Crippen molar-refractivity contribution in [3.8, 4) is 11.5 Å². The Morgan fingerprint density at radius 1 is 1.23 bits per heavy atom. The molecular formula is C22H32Cl2N4O3. The fourth-order valence-corrected chi connectivity index (χ4v) is 4.90. The van der Waals surface area contributed by atoms with E-state index in [1.165, 1.54) is 6.42 Å². The van der Waals surface area contributed by atoms with E-state index in [9.17, 15) is 4.79 Å². The first kappa shape index (κ1) is 25.3. The molecule has 1 heterocycles. The molecule has 2 unspecified atom stereocenters. The van der Waals surface area contributed by atoms with E-state index in [0.717, 1.165) is 31.2 Å². The first-order chi connectivity index (χ1) is 14.0. The van der Waals surface area contributed by atoms with E-state index in [-0.39, 0.29) is 42.8 Å². The summed E-state index contributed by atoms with van der Waals surface area (Å²) in [5.74, 6) is 2.08. The molecule has 1 aromatic heterocycles. The minimum absolute atomic E-state index is 0. The maximum absolute atomic E-state index is 12.9. The minimum atomic E-state index is -0.0560. The Kier molecular flexibility index (Phi) is 9.03. The van der Waals surface area contributed by atoms with Gasteiger partial charge in [-0.15, -0.1) is 24.8 Å². The molecule has 2 bridgehead atoms. The zero-order chi connectivity index (χ0) is 20.4. The van der Waals surface area contributed by atoms with Crippen LogP contribution in [0.3, 0.4) is 0 Å². The van der Waals surface area contributed by atoms with Gasteiger partial charge in [-0.3, -0.25) is 9.48 Å². The van der Waals surface area contributed by atoms with Gasteiger partial charge >= 0.3 is 0 Å². The third-order valence-corrected chi connectivity index (χ3v) is 6.25. The van der Waals surface area contributed by atoms with Crippen LogP contribution in [0.5, 0.6) is 11.5 Å². The van der Waals surface area contributed by atoms with E-state index in [1.807, 2.05) is 13.2 Å². The quantitative estimate of drug-likeness (QED) is 0.673. The van der Waals surface area contributed by atoms with Gasteiger partial charge in [-0.25, -0.2) is 0 Å². The average Bonchev–Trinajstić information content (AvgIpc) is 3.12. The van der Waals surface area contributed by atoms with Crippen LogP contribution in [0, 0.1) is 11.8 Å². The van der Waals surface area contributed by atoms with Crippen LogP contribution in [0.15, 0.2) is 30.6 Å². The summed E-state index contributed by atoms with van der Waals surface area (Å²) in [4.78, 5) is 12.9. The number of methoxy groups -OCH3 is 1. The van der Waals surface area contributed by atoms with Crippen LogP contribution >= 0.6 is 24.8 Å². The van der Waals surface area contributed by atoms with Gasteiger partial charge < -0.3 is 20.5 Å². The Bertz CT molecular complexity index is 862. The van der Waals surface area contributed by atoms with Crippen molar-refractivity contribution in [1.29, 1.82) is 0 Å². The monoisotopic (exact) mass is 470 g/mol. The zero-order valence-corrected chi connectivity index (χ0v) is 19.6. The molecule has 2 aliphatic rings. The summed E-state index contributed by atoms with van der Waals surface area (Å²) < 4.78 is 13.1. The Morgan fingerprint density at radius 2 is 1.94 bits per heavy atom. The first-order valence-corrected chi connectivity index (χ1v) is 10.4. The molecule has 31 heavy (non-hydrogen) atoms. The van der Waals surface area contributed by atoms with Crippen molar-refractivity contribution >= 4 is 30.7 Å². The number of aryl methyl sites for hydroxylation is 1. The Labute approximate surface area is 195 Å². The number of hydrogen-bond acceptors (Lipinski definition) is 5. The van der Waals surface area contributed by atoms with Gasteiger partial charge in [0.15, 0.2) is 11.5 Å². The molecule has 1 amide bonds. The molecule has 0 saturated heterocycles. The lowest BCUT2D eigenvalue weighted by Gasteiger charge is -2.45. The highest BCUT2D eigenvalue weighted by atomic mass is 35.5. The fraction of sp³-hybridized carbons (Fsp3) is 0.545. The molecule has 2 atom stereocenters. The number of carbonyl (C=O) groups is 1. The fourth-order valence-electron chi connectivity index (χ4n) is 4.90. The Balaban J connectivity index is 0.00000171. The summed E-state index contributed by atoms with van der Waals surface area (Å²) >= 11 is 0. The van der Waals surface area contributed by atoms with Crippen LogP contribution in [-0.4, -0.2) is 34.9 Å². The molecule has 7 nitrogen and oxygen atoms in total. The summed E-state index contributed by atoms with van der Waals surface area (Å²) in [7, 11) is 3.45. The van der Waals surface area contributed by atoms with Gasteiger partial charge in [-0.05, 0) is 55.7 Å². The summed E-state index contributed by atoms with van der Waals surface area (Å²) in [6.07, 6.45) is 9.23. The maximum atomic E-state index is 12.9. The third-order valence-electron chi connectivity index (χ3n) is 6.25. The molecule has 3 N–H and O–H groups in total. The number of benzene rings is 1. The number of ether oxygens (including phenoxy) is 2. The SMILES string of the molecule is COc1cc(C(=O)NC2C3CCCC2CC(N)C3)ccc1OCc1cnn(C)c1.Cl.Cl. The van der Waals surface area contributed by atoms with Crippen molar-refractivity contribution in [2.75, 3.05) is 7.11 Å². The van der Waals surface area contributed by atoms with Crippen LogP contribution in [0.1, 0.15) is 48.0 Å². The second-order valence-electron chi connectivity index (χ2n) is 8.36. The van der Waals surface area contributed by atoms with E-state index in [0.29, 0.717) is 35.5 Å². The third kappa shape index (κ3) is 5.84. The standard InChI is InChI=1S/C22H30N4O3.2ClH/c1-26-12-14(11-24-26)13-29-19-7-6-17(10-20(19)28-2)22(27)25-21-15-4-3-5-16(21)9-18(23)8-15;;/h6-7,10-12,15-16,18,21H,3-5,8-9,13,23H2,1-2H3,(H,25,27);2*1H. The number of nitrogens with zero attached hydrogens (tertiary/aromatic N) is 2. The van der Waals surface area contributed by atoms with Crippen LogP contribution < -0.4 is 20.5 Å². The van der Waals surface area contributed by atoms with Crippen LogP contribution in [0.25, 0.3) is 0 Å². The lowest BCUT2D eigenvalue weighted by Crippen LogP contribution is -2.53. The number of aromatic nitrogens is 2. The van der Waals surface area contributed by atoms with E-state index in [4.69, 9.17) is 15.2 Å². The molecule has 2 saturated carbocycles. The molecule has 2 aliphatic carbocycles. The molecule has 0 aliphatic heterocycles. The predicted molar refractivity (Wildman–Crippen MR) is 124 cm³/mol. The highest BCUT2D eigenvalue weighted by Gasteiger charge is 2.40. The number of nitrogens with two attached hydrogens (primary N) is 1. The van der Waals surface area contributed by atoms with Gasteiger partial charge in [0.25, 0.3) is 5.91 Å². The predicted octanol–water partition coefficient (Wildman–Crippen LogP) is 3.49. The molecule has 1 aromatic carbocycles. The highest BCUT2D eigenvalue weighted by Crippen LogP contribution is 2.40. The number of amides is 1. The first-order valence-electron chi connectivity index (χ1n) is 10.4. The Hall–Kier alpha value is -1.96. The van der Waals surface area contributed by atoms with Gasteiger partial charge in [0.2, 0.25) is 0 Å². The number of hydrogen-bond donors (Lipinski definition) is 2. The molecule has 2 fully saturated rings. The molecule has 4 rings (SSSR count). The molecular weight excluding hydrogens is 439 g/mol. The topological polar surface area (TPSA) is 91.4 Å². The van der Waals surface area contributed by atoms with Crippen molar-refractivity contribution in [2.24, 2.45) is 24.6 Å². The second kappa shape index (κ2) is 11.1. The molecule has 2 aromatic rings. The van der Waals surface area contributed by atoms with Gasteiger partial charge in [-0.1, -0.05) is 6.42 Å². The molecule has 9 heteroatoms. The number of carbonyl (C=O) groups excluding carboxylic acids is 1. The van der Waals surface area contributed by atoms with Crippen LogP contribution in [-0.2, 0) is 13.7 Å².